The Kier molecular flexibility index (Phi) is 2.95. The van der Waals surface area contributed by atoms with E-state index in [9.17, 15) is 4.79 Å². The van der Waals surface area contributed by atoms with E-state index in [4.69, 9.17) is 0 Å². The Morgan fingerprint density at radius 2 is 2.36 bits per heavy atom. The predicted octanol–water partition coefficient (Wildman–Crippen LogP) is 0.637. The first-order chi connectivity index (χ1) is 5.15. The van der Waals surface area contributed by atoms with Gasteiger partial charge in [-0.1, -0.05) is 0 Å². The standard InChI is InChI=1S/C7H7O2S.Sn/c1-5-3-4-6(10-5)7(8)9-2;/h4H,1-2H3;. The molecular weight excluding hydrogens is 267 g/mol. The van der Waals surface area contributed by atoms with Gasteiger partial charge >= 0.3 is 82.8 Å². The number of thiophene rings is 1. The summed E-state index contributed by atoms with van der Waals surface area (Å²) in [7, 11) is 1.40. The Morgan fingerprint density at radius 1 is 1.73 bits per heavy atom. The van der Waals surface area contributed by atoms with Gasteiger partial charge in [-0.3, -0.25) is 0 Å². The van der Waals surface area contributed by atoms with E-state index in [0.717, 1.165) is 0 Å². The first-order valence-corrected chi connectivity index (χ1v) is 5.30. The van der Waals surface area contributed by atoms with Crippen molar-refractivity contribution in [2.75, 3.05) is 7.11 Å². The number of hydrogen-bond donors (Lipinski definition) is 0. The van der Waals surface area contributed by atoms with Crippen molar-refractivity contribution in [3.63, 3.8) is 0 Å². The molecule has 0 bridgehead atoms. The molecule has 1 heterocycles. The van der Waals surface area contributed by atoms with E-state index in [1.54, 1.807) is 0 Å². The minimum atomic E-state index is -0.230. The third-order valence-corrected chi connectivity index (χ3v) is 4.33. The molecule has 0 aliphatic carbocycles. The molecule has 0 saturated carbocycles. The van der Waals surface area contributed by atoms with Crippen LogP contribution in [-0.4, -0.2) is 35.6 Å². The molecule has 1 aromatic rings. The summed E-state index contributed by atoms with van der Waals surface area (Å²) >= 11 is 2.84. The van der Waals surface area contributed by atoms with E-state index in [2.05, 4.69) is 4.74 Å². The normalized spacial score (nSPS) is 9.73. The van der Waals surface area contributed by atoms with Gasteiger partial charge in [0.1, 0.15) is 0 Å². The monoisotopic (exact) mass is 275 g/mol. The summed E-state index contributed by atoms with van der Waals surface area (Å²) in [5.41, 5.74) is 0. The molecule has 3 radical (unpaired) electrons. The van der Waals surface area contributed by atoms with Crippen LogP contribution in [0.3, 0.4) is 0 Å². The first kappa shape index (κ1) is 9.06. The van der Waals surface area contributed by atoms with Gasteiger partial charge in [-0.05, 0) is 0 Å². The predicted molar refractivity (Wildman–Crippen MR) is 45.8 cm³/mol. The summed E-state index contributed by atoms with van der Waals surface area (Å²) in [5, 5.41) is 0. The van der Waals surface area contributed by atoms with Gasteiger partial charge in [-0.25, -0.2) is 0 Å². The molecule has 1 aromatic heterocycles. The van der Waals surface area contributed by atoms with Gasteiger partial charge in [0.15, 0.2) is 0 Å². The van der Waals surface area contributed by atoms with Gasteiger partial charge in [0.25, 0.3) is 0 Å². The zero-order valence-corrected chi connectivity index (χ0v) is 9.97. The molecule has 57 valence electrons. The van der Waals surface area contributed by atoms with Crippen LogP contribution in [0.2, 0.25) is 0 Å². The molecule has 0 spiro atoms. The van der Waals surface area contributed by atoms with Crippen molar-refractivity contribution >= 4 is 43.4 Å². The molecular formula is C7H7O2SSn. The van der Waals surface area contributed by atoms with Gasteiger partial charge in [0.2, 0.25) is 0 Å². The Labute approximate surface area is 82.7 Å². The van der Waals surface area contributed by atoms with Crippen molar-refractivity contribution in [1.82, 2.24) is 0 Å². The van der Waals surface area contributed by atoms with Crippen molar-refractivity contribution in [1.29, 1.82) is 0 Å². The van der Waals surface area contributed by atoms with E-state index in [1.165, 1.54) is 49.4 Å². The van der Waals surface area contributed by atoms with Crippen molar-refractivity contribution in [3.05, 3.63) is 15.8 Å². The van der Waals surface area contributed by atoms with Gasteiger partial charge in [-0.15, -0.1) is 0 Å². The molecule has 1 rings (SSSR count). The molecule has 11 heavy (non-hydrogen) atoms. The van der Waals surface area contributed by atoms with Crippen LogP contribution < -0.4 is 3.58 Å². The maximum atomic E-state index is 11.0. The second-order valence-electron chi connectivity index (χ2n) is 2.07. The third-order valence-electron chi connectivity index (χ3n) is 1.30. The summed E-state index contributed by atoms with van der Waals surface area (Å²) < 4.78 is 5.82. The number of carbonyl (C=O) groups is 1. The fourth-order valence-corrected chi connectivity index (χ4v) is 2.67. The van der Waals surface area contributed by atoms with Crippen LogP contribution in [0.25, 0.3) is 0 Å². The maximum absolute atomic E-state index is 11.0. The first-order valence-electron chi connectivity index (χ1n) is 3.05. The molecule has 0 aliphatic rings. The van der Waals surface area contributed by atoms with Gasteiger partial charge in [0, 0.05) is 0 Å². The number of methoxy groups -OCH3 is 1. The number of aryl methyl sites for hydroxylation is 1. The molecule has 4 heteroatoms. The van der Waals surface area contributed by atoms with Crippen LogP contribution in [0.1, 0.15) is 14.5 Å². The van der Waals surface area contributed by atoms with Crippen LogP contribution >= 0.6 is 11.3 Å². The summed E-state index contributed by atoms with van der Waals surface area (Å²) in [4.78, 5) is 12.9. The summed E-state index contributed by atoms with van der Waals surface area (Å²) in [6.07, 6.45) is 0. The molecule has 0 aliphatic heterocycles. The molecule has 0 fully saturated rings. The molecule has 0 aromatic carbocycles. The fraction of sp³-hybridized carbons (Fsp3) is 0.286. The van der Waals surface area contributed by atoms with Crippen molar-refractivity contribution in [2.45, 2.75) is 6.92 Å². The molecule has 0 amide bonds. The van der Waals surface area contributed by atoms with Gasteiger partial charge in [0.05, 0.1) is 0 Å². The van der Waals surface area contributed by atoms with E-state index in [0.29, 0.717) is 4.88 Å². The van der Waals surface area contributed by atoms with E-state index < -0.39 is 0 Å². The Bertz CT molecular complexity index is 260. The Balaban J connectivity index is 2.97. The quantitative estimate of drug-likeness (QED) is 0.555. The number of rotatable bonds is 1. The SMILES string of the molecule is COC(=O)c1c[c]([Sn])c(C)s1. The van der Waals surface area contributed by atoms with Gasteiger partial charge < -0.3 is 0 Å². The van der Waals surface area contributed by atoms with Crippen LogP contribution in [0, 0.1) is 6.92 Å². The van der Waals surface area contributed by atoms with Crippen LogP contribution in [0.15, 0.2) is 6.07 Å². The Hall–Kier alpha value is -0.0313. The van der Waals surface area contributed by atoms with Crippen LogP contribution in [0.4, 0.5) is 0 Å². The second kappa shape index (κ2) is 3.58. The van der Waals surface area contributed by atoms with Crippen molar-refractivity contribution in [3.8, 4) is 0 Å². The zero-order valence-electron chi connectivity index (χ0n) is 6.30. The summed E-state index contributed by atoms with van der Waals surface area (Å²) in [5.74, 6) is -0.230. The summed E-state index contributed by atoms with van der Waals surface area (Å²) in [6.45, 7) is 2.02. The molecule has 0 atom stereocenters. The van der Waals surface area contributed by atoms with Gasteiger partial charge in [-0.2, -0.15) is 0 Å². The van der Waals surface area contributed by atoms with E-state index in [-0.39, 0.29) is 5.97 Å². The number of esters is 1. The Morgan fingerprint density at radius 3 is 2.73 bits per heavy atom. The van der Waals surface area contributed by atoms with Crippen molar-refractivity contribution < 1.29 is 9.53 Å². The molecule has 2 nitrogen and oxygen atoms in total. The average Bonchev–Trinajstić information content (AvgIpc) is 2.31. The summed E-state index contributed by atoms with van der Waals surface area (Å²) in [6, 6.07) is 1.89. The molecule has 0 N–H and O–H groups in total. The average molecular weight is 274 g/mol. The fourth-order valence-electron chi connectivity index (χ4n) is 0.683. The van der Waals surface area contributed by atoms with Crippen molar-refractivity contribution in [2.24, 2.45) is 0 Å². The van der Waals surface area contributed by atoms with Crippen LogP contribution in [-0.2, 0) is 4.74 Å². The second-order valence-corrected chi connectivity index (χ2v) is 4.87. The van der Waals surface area contributed by atoms with E-state index >= 15 is 0 Å². The van der Waals surface area contributed by atoms with E-state index in [1.807, 2.05) is 13.0 Å². The third kappa shape index (κ3) is 1.96. The number of carbonyl (C=O) groups excluding carboxylic acids is 1. The zero-order chi connectivity index (χ0) is 8.43. The minimum absolute atomic E-state index is 0.230. The molecule has 0 saturated heterocycles. The van der Waals surface area contributed by atoms with Crippen LogP contribution in [0.5, 0.6) is 0 Å². The number of ether oxygens (including phenoxy) is 1. The number of hydrogen-bond acceptors (Lipinski definition) is 3. The topological polar surface area (TPSA) is 26.3 Å². The molecule has 0 unspecified atom stereocenters.